The average molecular weight is 552 g/mol. The number of pyridine rings is 1. The van der Waals surface area contributed by atoms with E-state index in [0.717, 1.165) is 16.4 Å². The highest BCUT2D eigenvalue weighted by molar-refractivity contribution is 8.00. The van der Waals surface area contributed by atoms with Crippen LogP contribution >= 0.6 is 23.5 Å². The van der Waals surface area contributed by atoms with Gasteiger partial charge in [-0.1, -0.05) is 23.0 Å². The minimum Gasteiger partial charge on any atom is -0.481 e. The first-order valence-electron chi connectivity index (χ1n) is 10.6. The predicted octanol–water partition coefficient (Wildman–Crippen LogP) is -1.65. The Morgan fingerprint density at radius 1 is 1.38 bits per heavy atom. The molecule has 4 heterocycles. The molecule has 2 amide bonds. The number of aliphatic carboxylic acids is 2. The topological polar surface area (TPSA) is 228 Å². The van der Waals surface area contributed by atoms with Crippen LogP contribution in [0.4, 0.5) is 5.82 Å². The lowest BCUT2D eigenvalue weighted by Crippen LogP contribution is -2.74. The van der Waals surface area contributed by atoms with Gasteiger partial charge in [-0.3, -0.25) is 19.2 Å². The first-order chi connectivity index (χ1) is 17.6. The maximum atomic E-state index is 12.9. The zero-order chi connectivity index (χ0) is 26.7. The van der Waals surface area contributed by atoms with Gasteiger partial charge in [0.05, 0.1) is 0 Å². The van der Waals surface area contributed by atoms with Crippen LogP contribution in [-0.4, -0.2) is 106 Å². The first kappa shape index (κ1) is 26.1. The minimum atomic E-state index is -1.34. The second-order valence-electron chi connectivity index (χ2n) is 8.08. The third-order valence-corrected chi connectivity index (χ3v) is 8.39. The molecule has 0 aromatic carbocycles. The van der Waals surface area contributed by atoms with Crippen LogP contribution < -0.4 is 11.1 Å². The number of fused-ring (bicyclic) bond motifs is 1. The minimum absolute atomic E-state index is 0.00536. The number of hydrogen-bond acceptors (Lipinski definition) is 13. The molecule has 2 fully saturated rings. The van der Waals surface area contributed by atoms with Crippen molar-refractivity contribution in [3.8, 4) is 0 Å². The highest BCUT2D eigenvalue weighted by atomic mass is 32.2. The molecule has 5 N–H and O–H groups in total. The molecule has 2 aromatic heterocycles. The van der Waals surface area contributed by atoms with Crippen molar-refractivity contribution < 1.29 is 34.2 Å². The summed E-state index contributed by atoms with van der Waals surface area (Å²) in [6, 6.07) is 3.75. The Balaban J connectivity index is 1.43. The SMILES string of the molecule is CON=C(C(=O)NC1C(=O)N2CC(CSc3nnnn3CC(=O)O)(C(=O)O)CS[C@H]12)c1cccc(N)n1. The zero-order valence-electron chi connectivity index (χ0n) is 19.2. The molecule has 0 radical (unpaired) electrons. The van der Waals surface area contributed by atoms with E-state index in [4.69, 9.17) is 15.7 Å². The standard InChI is InChI=1S/C19H21N9O7S2/c1-35-24-12(9-3-2-4-10(20)21-9)14(31)22-13-15(32)27-6-19(17(33)34,7-36-16(13)27)8-37-18-23-25-26-28(18)5-11(29)30/h2-4,13,16H,5-8H2,1H3,(H2,20,21)(H,22,31)(H,29,30)(H,33,34)/t13?,16-,19?/m1/s1. The van der Waals surface area contributed by atoms with Gasteiger partial charge in [-0.15, -0.1) is 16.9 Å². The highest BCUT2D eigenvalue weighted by Crippen LogP contribution is 2.44. The number of nitrogens with zero attached hydrogens (tertiary/aromatic N) is 7. The molecule has 0 bridgehead atoms. The Bertz CT molecular complexity index is 1270. The van der Waals surface area contributed by atoms with Gasteiger partial charge in [-0.2, -0.15) is 0 Å². The number of nitrogens with one attached hydrogen (secondary N) is 1. The maximum absolute atomic E-state index is 12.9. The van der Waals surface area contributed by atoms with E-state index in [1.165, 1.54) is 35.9 Å². The van der Waals surface area contributed by atoms with E-state index in [1.807, 2.05) is 0 Å². The van der Waals surface area contributed by atoms with E-state index in [0.29, 0.717) is 0 Å². The van der Waals surface area contributed by atoms with Crippen LogP contribution in [0.3, 0.4) is 0 Å². The van der Waals surface area contributed by atoms with Crippen LogP contribution in [0.2, 0.25) is 0 Å². The molecule has 4 rings (SSSR count). The largest absolute Gasteiger partial charge is 0.481 e. The molecular formula is C19H21N9O7S2. The molecule has 2 aliphatic rings. The van der Waals surface area contributed by atoms with Gasteiger partial charge in [0.25, 0.3) is 5.91 Å². The Kier molecular flexibility index (Phi) is 7.48. The van der Waals surface area contributed by atoms with Crippen molar-refractivity contribution in [2.24, 2.45) is 10.6 Å². The molecule has 16 nitrogen and oxygen atoms in total. The normalized spacial score (nSPS) is 23.1. The fraction of sp³-hybridized carbons (Fsp3) is 0.421. The van der Waals surface area contributed by atoms with E-state index in [1.54, 1.807) is 6.07 Å². The monoisotopic (exact) mass is 551 g/mol. The Hall–Kier alpha value is -3.93. The maximum Gasteiger partial charge on any atom is 0.325 e. The number of carbonyl (C=O) groups excluding carboxylic acids is 2. The zero-order valence-corrected chi connectivity index (χ0v) is 20.8. The average Bonchev–Trinajstić information content (AvgIpc) is 3.30. The number of β-lactam (4-membered cyclic amide) rings is 1. The third kappa shape index (κ3) is 5.29. The number of carboxylic acid groups (broad SMARTS) is 2. The summed E-state index contributed by atoms with van der Waals surface area (Å²) in [5, 5.41) is 35.8. The van der Waals surface area contributed by atoms with Gasteiger partial charge in [-0.25, -0.2) is 9.67 Å². The predicted molar refractivity (Wildman–Crippen MR) is 128 cm³/mol. The molecule has 196 valence electrons. The van der Waals surface area contributed by atoms with Gasteiger partial charge in [0.15, 0.2) is 5.71 Å². The van der Waals surface area contributed by atoms with E-state index in [2.05, 4.69) is 31.0 Å². The number of hydrogen-bond donors (Lipinski definition) is 4. The number of thioether (sulfide) groups is 2. The number of amides is 2. The quantitative estimate of drug-likeness (QED) is 0.112. The molecule has 3 atom stereocenters. The lowest BCUT2D eigenvalue weighted by atomic mass is 9.89. The second-order valence-corrected chi connectivity index (χ2v) is 10.1. The van der Waals surface area contributed by atoms with Crippen LogP contribution in [0.5, 0.6) is 0 Å². The van der Waals surface area contributed by atoms with Gasteiger partial charge in [0.2, 0.25) is 11.1 Å². The number of tetrazole rings is 1. The van der Waals surface area contributed by atoms with Crippen LogP contribution in [0, 0.1) is 5.41 Å². The number of oxime groups is 1. The summed E-state index contributed by atoms with van der Waals surface area (Å²) >= 11 is 2.21. The molecule has 0 aliphatic carbocycles. The van der Waals surface area contributed by atoms with Crippen molar-refractivity contribution >= 4 is 58.8 Å². The van der Waals surface area contributed by atoms with Crippen molar-refractivity contribution in [3.05, 3.63) is 23.9 Å². The molecule has 2 aromatic rings. The van der Waals surface area contributed by atoms with E-state index >= 15 is 0 Å². The van der Waals surface area contributed by atoms with Crippen molar-refractivity contribution in [2.75, 3.05) is 30.9 Å². The number of rotatable bonds is 10. The third-order valence-electron chi connectivity index (χ3n) is 5.56. The van der Waals surface area contributed by atoms with Crippen LogP contribution in [-0.2, 0) is 30.6 Å². The van der Waals surface area contributed by atoms with Gasteiger partial charge in [0, 0.05) is 18.1 Å². The molecule has 2 aliphatic heterocycles. The smallest absolute Gasteiger partial charge is 0.325 e. The Morgan fingerprint density at radius 2 is 2.16 bits per heavy atom. The number of aromatic nitrogens is 5. The summed E-state index contributed by atoms with van der Waals surface area (Å²) in [4.78, 5) is 59.2. The lowest BCUT2D eigenvalue weighted by Gasteiger charge is -2.53. The molecule has 2 unspecified atom stereocenters. The fourth-order valence-corrected chi connectivity index (χ4v) is 6.46. The summed E-state index contributed by atoms with van der Waals surface area (Å²) in [6.45, 7) is -0.577. The van der Waals surface area contributed by atoms with Crippen molar-refractivity contribution in [3.63, 3.8) is 0 Å². The van der Waals surface area contributed by atoms with Gasteiger partial charge < -0.3 is 31.0 Å². The summed E-state index contributed by atoms with van der Waals surface area (Å²) in [5.41, 5.74) is 4.33. The molecule has 18 heteroatoms. The fourth-order valence-electron chi connectivity index (χ4n) is 3.72. The van der Waals surface area contributed by atoms with Gasteiger partial charge in [-0.05, 0) is 22.6 Å². The van der Waals surface area contributed by atoms with Crippen molar-refractivity contribution in [1.82, 2.24) is 35.4 Å². The molecule has 0 spiro atoms. The van der Waals surface area contributed by atoms with Crippen molar-refractivity contribution in [1.29, 1.82) is 0 Å². The number of nitrogen functional groups attached to an aromatic ring is 1. The number of carbonyl (C=O) groups is 4. The number of carboxylic acids is 2. The summed E-state index contributed by atoms with van der Waals surface area (Å²) < 4.78 is 1.05. The molecular weight excluding hydrogens is 530 g/mol. The van der Waals surface area contributed by atoms with Crippen LogP contribution in [0.15, 0.2) is 28.5 Å². The first-order valence-corrected chi connectivity index (χ1v) is 12.6. The molecule has 0 saturated carbocycles. The van der Waals surface area contributed by atoms with E-state index in [-0.39, 0.29) is 40.4 Å². The summed E-state index contributed by atoms with van der Waals surface area (Å²) in [5.74, 6) is -3.12. The molecule has 37 heavy (non-hydrogen) atoms. The summed E-state index contributed by atoms with van der Waals surface area (Å²) in [6.07, 6.45) is 0. The summed E-state index contributed by atoms with van der Waals surface area (Å²) in [7, 11) is 1.26. The Morgan fingerprint density at radius 3 is 2.84 bits per heavy atom. The Labute approximate surface area is 217 Å². The van der Waals surface area contributed by atoms with Gasteiger partial charge in [0.1, 0.15) is 42.0 Å². The second kappa shape index (κ2) is 10.6. The number of nitrogens with two attached hydrogens (primary N) is 1. The van der Waals surface area contributed by atoms with Crippen LogP contribution in [0.1, 0.15) is 5.69 Å². The van der Waals surface area contributed by atoms with E-state index < -0.39 is 47.1 Å². The number of anilines is 1. The van der Waals surface area contributed by atoms with Crippen LogP contribution in [0.25, 0.3) is 0 Å². The van der Waals surface area contributed by atoms with Gasteiger partial charge >= 0.3 is 11.9 Å². The molecule has 2 saturated heterocycles. The van der Waals surface area contributed by atoms with E-state index in [9.17, 15) is 24.3 Å². The lowest BCUT2D eigenvalue weighted by molar-refractivity contribution is -0.157. The highest BCUT2D eigenvalue weighted by Gasteiger charge is 2.57. The van der Waals surface area contributed by atoms with Crippen molar-refractivity contribution in [2.45, 2.75) is 23.1 Å².